The standard InChI is InChI=1S/C20H34N6O/c1-4-21-20(25-17-10-14-26(15-17)19(27)16(2)3)24-13-8-7-12-23-18-9-5-6-11-22-18/h5-6,9,11,16-17H,4,7-8,10,12-15H2,1-3H3,(H,22,23)(H2,21,24,25). The van der Waals surface area contributed by atoms with Crippen molar-refractivity contribution in [1.82, 2.24) is 20.5 Å². The lowest BCUT2D eigenvalue weighted by Gasteiger charge is -2.20. The van der Waals surface area contributed by atoms with E-state index in [1.54, 1.807) is 6.20 Å². The monoisotopic (exact) mass is 374 g/mol. The van der Waals surface area contributed by atoms with Gasteiger partial charge in [0.2, 0.25) is 5.91 Å². The van der Waals surface area contributed by atoms with Crippen LogP contribution in [0, 0.1) is 5.92 Å². The molecule has 150 valence electrons. The van der Waals surface area contributed by atoms with Crippen molar-refractivity contribution in [3.05, 3.63) is 24.4 Å². The van der Waals surface area contributed by atoms with Gasteiger partial charge in [-0.2, -0.15) is 0 Å². The molecule has 1 aliphatic rings. The first kappa shape index (κ1) is 21.0. The van der Waals surface area contributed by atoms with Crippen LogP contribution >= 0.6 is 0 Å². The number of pyridine rings is 1. The zero-order chi connectivity index (χ0) is 19.5. The smallest absolute Gasteiger partial charge is 0.225 e. The number of hydrogen-bond acceptors (Lipinski definition) is 4. The highest BCUT2D eigenvalue weighted by Gasteiger charge is 2.27. The quantitative estimate of drug-likeness (QED) is 0.350. The Kier molecular flexibility index (Phi) is 8.87. The average molecular weight is 375 g/mol. The Morgan fingerprint density at radius 3 is 2.93 bits per heavy atom. The molecular weight excluding hydrogens is 340 g/mol. The van der Waals surface area contributed by atoms with E-state index in [4.69, 9.17) is 0 Å². The van der Waals surface area contributed by atoms with Gasteiger partial charge in [0.15, 0.2) is 5.96 Å². The molecule has 1 aromatic rings. The van der Waals surface area contributed by atoms with Gasteiger partial charge in [-0.15, -0.1) is 0 Å². The maximum absolute atomic E-state index is 12.1. The molecule has 1 amide bonds. The summed E-state index contributed by atoms with van der Waals surface area (Å²) in [6, 6.07) is 6.14. The maximum Gasteiger partial charge on any atom is 0.225 e. The van der Waals surface area contributed by atoms with Gasteiger partial charge in [0.25, 0.3) is 0 Å². The molecule has 1 unspecified atom stereocenters. The zero-order valence-corrected chi connectivity index (χ0v) is 16.9. The second kappa shape index (κ2) is 11.4. The first-order valence-corrected chi connectivity index (χ1v) is 10.1. The average Bonchev–Trinajstić information content (AvgIpc) is 3.13. The van der Waals surface area contributed by atoms with E-state index in [-0.39, 0.29) is 17.9 Å². The van der Waals surface area contributed by atoms with Crippen molar-refractivity contribution in [1.29, 1.82) is 0 Å². The molecule has 2 heterocycles. The van der Waals surface area contributed by atoms with Crippen molar-refractivity contribution < 1.29 is 4.79 Å². The molecule has 0 spiro atoms. The van der Waals surface area contributed by atoms with E-state index in [0.717, 1.165) is 63.8 Å². The minimum atomic E-state index is 0.0605. The molecule has 1 fully saturated rings. The predicted octanol–water partition coefficient (Wildman–Crippen LogP) is 2.09. The number of amides is 1. The molecule has 0 aromatic carbocycles. The molecule has 7 heteroatoms. The maximum atomic E-state index is 12.1. The number of carbonyl (C=O) groups is 1. The van der Waals surface area contributed by atoms with Gasteiger partial charge in [0.1, 0.15) is 5.82 Å². The number of aromatic nitrogens is 1. The van der Waals surface area contributed by atoms with Crippen LogP contribution in [0.3, 0.4) is 0 Å². The number of unbranched alkanes of at least 4 members (excludes halogenated alkanes) is 1. The number of guanidine groups is 1. The summed E-state index contributed by atoms with van der Waals surface area (Å²) < 4.78 is 0. The summed E-state index contributed by atoms with van der Waals surface area (Å²) in [7, 11) is 0. The van der Waals surface area contributed by atoms with Crippen LogP contribution in [0.1, 0.15) is 40.0 Å². The number of nitrogens with one attached hydrogen (secondary N) is 3. The van der Waals surface area contributed by atoms with Crippen molar-refractivity contribution in [3.8, 4) is 0 Å². The molecule has 27 heavy (non-hydrogen) atoms. The van der Waals surface area contributed by atoms with Gasteiger partial charge in [0.05, 0.1) is 0 Å². The molecule has 2 rings (SSSR count). The van der Waals surface area contributed by atoms with E-state index in [9.17, 15) is 4.79 Å². The van der Waals surface area contributed by atoms with Crippen molar-refractivity contribution in [2.45, 2.75) is 46.1 Å². The SMILES string of the molecule is CCNC(=NCCCCNc1ccccn1)NC1CCN(C(=O)C(C)C)C1. The Bertz CT molecular complexity index is 589. The zero-order valence-electron chi connectivity index (χ0n) is 16.9. The Hall–Kier alpha value is -2.31. The first-order valence-electron chi connectivity index (χ1n) is 10.1. The van der Waals surface area contributed by atoms with Crippen LogP contribution in [0.25, 0.3) is 0 Å². The highest BCUT2D eigenvalue weighted by molar-refractivity contribution is 5.81. The molecule has 0 saturated carbocycles. The minimum absolute atomic E-state index is 0.0605. The molecule has 7 nitrogen and oxygen atoms in total. The Balaban J connectivity index is 1.68. The minimum Gasteiger partial charge on any atom is -0.370 e. The largest absolute Gasteiger partial charge is 0.370 e. The van der Waals surface area contributed by atoms with Crippen LogP contribution < -0.4 is 16.0 Å². The van der Waals surface area contributed by atoms with Crippen molar-refractivity contribution >= 4 is 17.7 Å². The summed E-state index contributed by atoms with van der Waals surface area (Å²) >= 11 is 0. The molecule has 1 atom stereocenters. The van der Waals surface area contributed by atoms with Gasteiger partial charge in [-0.1, -0.05) is 19.9 Å². The van der Waals surface area contributed by atoms with Crippen LogP contribution in [0.2, 0.25) is 0 Å². The highest BCUT2D eigenvalue weighted by atomic mass is 16.2. The third-order valence-electron chi connectivity index (χ3n) is 4.50. The fourth-order valence-corrected chi connectivity index (χ4v) is 3.07. The molecule has 0 radical (unpaired) electrons. The number of nitrogens with zero attached hydrogens (tertiary/aromatic N) is 3. The van der Waals surface area contributed by atoms with Gasteiger partial charge in [-0.05, 0) is 38.3 Å². The molecular formula is C20H34N6O. The van der Waals surface area contributed by atoms with Crippen LogP contribution in [0.15, 0.2) is 29.4 Å². The van der Waals surface area contributed by atoms with E-state index in [2.05, 4.69) is 32.9 Å². The van der Waals surface area contributed by atoms with Gasteiger partial charge in [0, 0.05) is 50.9 Å². The molecule has 1 saturated heterocycles. The molecule has 0 bridgehead atoms. The van der Waals surface area contributed by atoms with Crippen molar-refractivity contribution in [3.63, 3.8) is 0 Å². The summed E-state index contributed by atoms with van der Waals surface area (Å²) in [5.41, 5.74) is 0. The second-order valence-electron chi connectivity index (χ2n) is 7.18. The topological polar surface area (TPSA) is 81.7 Å². The number of aliphatic imine (C=N–C) groups is 1. The van der Waals surface area contributed by atoms with Crippen LogP contribution in [0.4, 0.5) is 5.82 Å². The highest BCUT2D eigenvalue weighted by Crippen LogP contribution is 2.12. The van der Waals surface area contributed by atoms with Crippen molar-refractivity contribution in [2.75, 3.05) is 38.0 Å². The van der Waals surface area contributed by atoms with E-state index in [1.165, 1.54) is 0 Å². The number of hydrogen-bond donors (Lipinski definition) is 3. The summed E-state index contributed by atoms with van der Waals surface area (Å²) in [4.78, 5) is 23.0. The number of anilines is 1. The van der Waals surface area contributed by atoms with Gasteiger partial charge < -0.3 is 20.9 Å². The molecule has 3 N–H and O–H groups in total. The van der Waals surface area contributed by atoms with Crippen LogP contribution in [0.5, 0.6) is 0 Å². The fourth-order valence-electron chi connectivity index (χ4n) is 3.07. The van der Waals surface area contributed by atoms with Gasteiger partial charge in [-0.25, -0.2) is 4.98 Å². The Labute approximate surface area is 163 Å². The number of likely N-dealkylation sites (tertiary alicyclic amines) is 1. The predicted molar refractivity (Wildman–Crippen MR) is 111 cm³/mol. The number of rotatable bonds is 9. The number of carbonyl (C=O) groups excluding carboxylic acids is 1. The molecule has 0 aliphatic carbocycles. The van der Waals surface area contributed by atoms with Gasteiger partial charge in [-0.3, -0.25) is 9.79 Å². The molecule has 1 aliphatic heterocycles. The van der Waals surface area contributed by atoms with E-state index >= 15 is 0 Å². The first-order chi connectivity index (χ1) is 13.1. The third kappa shape index (κ3) is 7.45. The van der Waals surface area contributed by atoms with E-state index in [0.29, 0.717) is 0 Å². The van der Waals surface area contributed by atoms with Crippen LogP contribution in [-0.4, -0.2) is 60.5 Å². The summed E-state index contributed by atoms with van der Waals surface area (Å²) in [6.45, 7) is 10.1. The van der Waals surface area contributed by atoms with E-state index < -0.39 is 0 Å². The summed E-state index contributed by atoms with van der Waals surface area (Å²) in [5.74, 6) is 2.06. The summed E-state index contributed by atoms with van der Waals surface area (Å²) in [5, 5.41) is 10.1. The van der Waals surface area contributed by atoms with Gasteiger partial charge >= 0.3 is 0 Å². The third-order valence-corrected chi connectivity index (χ3v) is 4.50. The van der Waals surface area contributed by atoms with Crippen LogP contribution in [-0.2, 0) is 4.79 Å². The summed E-state index contributed by atoms with van der Waals surface area (Å²) in [6.07, 6.45) is 4.81. The fraction of sp³-hybridized carbons (Fsp3) is 0.650. The van der Waals surface area contributed by atoms with E-state index in [1.807, 2.05) is 36.9 Å². The Morgan fingerprint density at radius 2 is 2.22 bits per heavy atom. The lowest BCUT2D eigenvalue weighted by molar-refractivity contribution is -0.133. The lowest BCUT2D eigenvalue weighted by atomic mass is 10.2. The Morgan fingerprint density at radius 1 is 1.37 bits per heavy atom. The second-order valence-corrected chi connectivity index (χ2v) is 7.18. The normalized spacial score (nSPS) is 17.3. The van der Waals surface area contributed by atoms with Crippen molar-refractivity contribution in [2.24, 2.45) is 10.9 Å². The molecule has 1 aromatic heterocycles. The lowest BCUT2D eigenvalue weighted by Crippen LogP contribution is -2.45.